The molecule has 2 fully saturated rings. The number of nitrogens with zero attached hydrogens (tertiary/aromatic N) is 1. The monoisotopic (exact) mass is 315 g/mol. The molecule has 4 unspecified atom stereocenters. The molecular weight excluding hydrogens is 282 g/mol. The topological polar surface area (TPSA) is 12.5 Å². The summed E-state index contributed by atoms with van der Waals surface area (Å²) in [7, 11) is 0. The summed E-state index contributed by atoms with van der Waals surface area (Å²) in [6.45, 7) is 16.2. The van der Waals surface area contributed by atoms with Crippen LogP contribution in [0.2, 0.25) is 0 Å². The van der Waals surface area contributed by atoms with E-state index in [2.05, 4.69) is 77.8 Å². The van der Waals surface area contributed by atoms with Gasteiger partial charge < -0.3 is 0 Å². The van der Waals surface area contributed by atoms with Crippen LogP contribution in [0.5, 0.6) is 0 Å². The van der Waals surface area contributed by atoms with Crippen LogP contribution < -0.4 is 0 Å². The van der Waals surface area contributed by atoms with Crippen LogP contribution in [-0.2, 0) is 10.3 Å². The Morgan fingerprint density at radius 1 is 1.13 bits per heavy atom. The van der Waals surface area contributed by atoms with Gasteiger partial charge in [0, 0.05) is 18.0 Å². The predicted molar refractivity (Wildman–Crippen MR) is 96.3 cm³/mol. The Hall–Kier alpha value is -0.860. The van der Waals surface area contributed by atoms with Crippen molar-refractivity contribution in [2.24, 2.45) is 11.8 Å². The molecule has 128 valence electrons. The van der Waals surface area contributed by atoms with Gasteiger partial charge in [0.15, 0.2) is 0 Å². The Balaban J connectivity index is 1.98. The van der Waals surface area contributed by atoms with Gasteiger partial charge in [0.05, 0.1) is 5.60 Å². The van der Waals surface area contributed by atoms with Crippen molar-refractivity contribution in [1.82, 2.24) is 5.06 Å². The molecule has 0 bridgehead atoms. The maximum atomic E-state index is 6.42. The summed E-state index contributed by atoms with van der Waals surface area (Å²) < 4.78 is 0. The van der Waals surface area contributed by atoms with E-state index in [1.807, 2.05) is 0 Å². The van der Waals surface area contributed by atoms with Crippen LogP contribution in [-0.4, -0.2) is 22.7 Å². The summed E-state index contributed by atoms with van der Waals surface area (Å²) >= 11 is 0. The molecule has 1 aromatic rings. The van der Waals surface area contributed by atoms with E-state index >= 15 is 0 Å². The first-order chi connectivity index (χ1) is 10.7. The van der Waals surface area contributed by atoms with E-state index in [1.54, 1.807) is 0 Å². The van der Waals surface area contributed by atoms with Crippen molar-refractivity contribution < 1.29 is 4.84 Å². The molecule has 0 spiro atoms. The van der Waals surface area contributed by atoms with Crippen LogP contribution in [0.3, 0.4) is 0 Å². The number of benzene rings is 1. The second-order valence-corrected chi connectivity index (χ2v) is 9.01. The lowest BCUT2D eigenvalue weighted by molar-refractivity contribution is -0.215. The van der Waals surface area contributed by atoms with Gasteiger partial charge in [0.1, 0.15) is 0 Å². The second-order valence-electron chi connectivity index (χ2n) is 9.01. The minimum absolute atomic E-state index is 0.0758. The normalized spacial score (nSPS) is 37.1. The smallest absolute Gasteiger partial charge is 0.0888 e. The van der Waals surface area contributed by atoms with Gasteiger partial charge in [-0.2, -0.15) is 5.06 Å². The summed E-state index contributed by atoms with van der Waals surface area (Å²) in [5, 5.41) is 2.30. The number of hydrogen-bond donors (Lipinski definition) is 0. The van der Waals surface area contributed by atoms with Crippen molar-refractivity contribution in [1.29, 1.82) is 0 Å². The van der Waals surface area contributed by atoms with E-state index in [0.717, 1.165) is 0 Å². The van der Waals surface area contributed by atoms with E-state index in [0.29, 0.717) is 23.9 Å². The van der Waals surface area contributed by atoms with Crippen molar-refractivity contribution in [3.8, 4) is 0 Å². The summed E-state index contributed by atoms with van der Waals surface area (Å²) in [5.41, 5.74) is 3.13. The van der Waals surface area contributed by atoms with Crippen LogP contribution in [0, 0.1) is 18.8 Å². The van der Waals surface area contributed by atoms with Crippen LogP contribution in [0.1, 0.15) is 65.5 Å². The van der Waals surface area contributed by atoms with Crippen molar-refractivity contribution in [2.45, 2.75) is 84.4 Å². The Bertz CT molecular complexity index is 579. The maximum absolute atomic E-state index is 6.42. The van der Waals surface area contributed by atoms with Crippen LogP contribution in [0.4, 0.5) is 0 Å². The molecule has 1 aliphatic heterocycles. The molecule has 0 radical (unpaired) electrons. The highest BCUT2D eigenvalue weighted by Gasteiger charge is 2.57. The first-order valence-electron chi connectivity index (χ1n) is 9.19. The van der Waals surface area contributed by atoms with E-state index in [9.17, 15) is 0 Å². The Labute approximate surface area is 142 Å². The van der Waals surface area contributed by atoms with Gasteiger partial charge in [0.25, 0.3) is 0 Å². The molecule has 3 rings (SSSR count). The molecule has 0 amide bonds. The average molecular weight is 316 g/mol. The lowest BCUT2D eigenvalue weighted by Crippen LogP contribution is -2.50. The minimum Gasteiger partial charge on any atom is -0.292 e. The third kappa shape index (κ3) is 2.74. The first-order valence-corrected chi connectivity index (χ1v) is 9.19. The zero-order valence-electron chi connectivity index (χ0n) is 15.9. The van der Waals surface area contributed by atoms with E-state index in [-0.39, 0.29) is 11.0 Å². The highest BCUT2D eigenvalue weighted by molar-refractivity contribution is 5.34. The van der Waals surface area contributed by atoms with Crippen LogP contribution in [0.15, 0.2) is 24.3 Å². The second kappa shape index (κ2) is 5.60. The number of aryl methyl sites for hydroxylation is 1. The zero-order chi connectivity index (χ0) is 17.0. The number of rotatable bonds is 2. The Morgan fingerprint density at radius 2 is 1.78 bits per heavy atom. The molecule has 1 aliphatic carbocycles. The summed E-state index contributed by atoms with van der Waals surface area (Å²) in [4.78, 5) is 6.42. The summed E-state index contributed by atoms with van der Waals surface area (Å²) in [6, 6.07) is 9.93. The van der Waals surface area contributed by atoms with Crippen molar-refractivity contribution >= 4 is 0 Å². The minimum atomic E-state index is -0.0758. The fourth-order valence-corrected chi connectivity index (χ4v) is 5.32. The van der Waals surface area contributed by atoms with Gasteiger partial charge >= 0.3 is 0 Å². The molecule has 23 heavy (non-hydrogen) atoms. The SMILES string of the molecule is Cc1ccccc1C1(C)CC(C)C2C(C1)C(C)(C)ON2C(C)C. The zero-order valence-corrected chi connectivity index (χ0v) is 15.9. The quantitative estimate of drug-likeness (QED) is 0.752. The summed E-state index contributed by atoms with van der Waals surface area (Å²) in [5.74, 6) is 1.22. The highest BCUT2D eigenvalue weighted by Crippen LogP contribution is 2.54. The van der Waals surface area contributed by atoms with Crippen molar-refractivity contribution in [3.63, 3.8) is 0 Å². The first kappa shape index (κ1) is 17.0. The molecule has 0 aromatic heterocycles. The van der Waals surface area contributed by atoms with Gasteiger partial charge in [-0.25, -0.2) is 0 Å². The average Bonchev–Trinajstić information content (AvgIpc) is 2.71. The molecule has 2 aliphatic rings. The molecular formula is C21H33NO. The van der Waals surface area contributed by atoms with Gasteiger partial charge in [-0.3, -0.25) is 4.84 Å². The lowest BCUT2D eigenvalue weighted by atomic mass is 9.58. The summed E-state index contributed by atoms with van der Waals surface area (Å²) in [6.07, 6.45) is 2.45. The van der Waals surface area contributed by atoms with E-state index < -0.39 is 0 Å². The largest absolute Gasteiger partial charge is 0.292 e. The number of fused-ring (bicyclic) bond motifs is 1. The molecule has 0 N–H and O–H groups in total. The van der Waals surface area contributed by atoms with Crippen LogP contribution in [0.25, 0.3) is 0 Å². The Kier molecular flexibility index (Phi) is 4.13. The molecule has 1 heterocycles. The number of hydroxylamine groups is 2. The third-order valence-electron chi connectivity index (χ3n) is 6.27. The number of hydrogen-bond acceptors (Lipinski definition) is 2. The molecule has 2 nitrogen and oxygen atoms in total. The fourth-order valence-electron chi connectivity index (χ4n) is 5.32. The van der Waals surface area contributed by atoms with Crippen LogP contribution >= 0.6 is 0 Å². The third-order valence-corrected chi connectivity index (χ3v) is 6.27. The predicted octanol–water partition coefficient (Wildman–Crippen LogP) is 5.10. The molecule has 4 atom stereocenters. The molecule has 1 saturated heterocycles. The highest BCUT2D eigenvalue weighted by atomic mass is 16.7. The van der Waals surface area contributed by atoms with Gasteiger partial charge in [0.2, 0.25) is 0 Å². The van der Waals surface area contributed by atoms with Crippen molar-refractivity contribution in [2.75, 3.05) is 0 Å². The maximum Gasteiger partial charge on any atom is 0.0888 e. The standard InChI is InChI=1S/C21H33NO/c1-14(2)22-19-16(4)12-21(7,13-18(19)20(5,6)23-22)17-11-9-8-10-15(17)3/h8-11,14,16,18-19H,12-13H2,1-7H3. The van der Waals surface area contributed by atoms with Gasteiger partial charge in [-0.1, -0.05) is 38.1 Å². The molecule has 1 saturated carbocycles. The van der Waals surface area contributed by atoms with Gasteiger partial charge in [-0.05, 0) is 69.9 Å². The fraction of sp³-hybridized carbons (Fsp3) is 0.714. The van der Waals surface area contributed by atoms with Gasteiger partial charge in [-0.15, -0.1) is 0 Å². The molecule has 2 heteroatoms. The lowest BCUT2D eigenvalue weighted by Gasteiger charge is -2.47. The van der Waals surface area contributed by atoms with E-state index in [1.165, 1.54) is 24.0 Å². The molecule has 1 aromatic carbocycles. The van der Waals surface area contributed by atoms with E-state index in [4.69, 9.17) is 4.84 Å². The Morgan fingerprint density at radius 3 is 2.39 bits per heavy atom. The van der Waals surface area contributed by atoms with Crippen molar-refractivity contribution in [3.05, 3.63) is 35.4 Å².